The van der Waals surface area contributed by atoms with Gasteiger partial charge in [0.2, 0.25) is 11.8 Å². The van der Waals surface area contributed by atoms with Gasteiger partial charge >= 0.3 is 0 Å². The Bertz CT molecular complexity index is 483. The van der Waals surface area contributed by atoms with Crippen molar-refractivity contribution in [2.24, 2.45) is 5.10 Å². The van der Waals surface area contributed by atoms with Gasteiger partial charge in [0, 0.05) is 11.0 Å². The first-order valence-corrected chi connectivity index (χ1v) is 6.36. The SMILES string of the molecule is C=CCNC(=O)CC(=O)NN=Cc1ccc(Br)cc1. The molecule has 0 radical (unpaired) electrons. The monoisotopic (exact) mass is 323 g/mol. The number of rotatable bonds is 6. The van der Waals surface area contributed by atoms with E-state index in [9.17, 15) is 9.59 Å². The molecule has 2 N–H and O–H groups in total. The third-order valence-corrected chi connectivity index (χ3v) is 2.57. The van der Waals surface area contributed by atoms with Crippen molar-refractivity contribution in [2.45, 2.75) is 6.42 Å². The first-order valence-electron chi connectivity index (χ1n) is 5.57. The van der Waals surface area contributed by atoms with Crippen molar-refractivity contribution in [3.05, 3.63) is 47.0 Å². The largest absolute Gasteiger partial charge is 0.352 e. The van der Waals surface area contributed by atoms with Crippen molar-refractivity contribution in [3.63, 3.8) is 0 Å². The van der Waals surface area contributed by atoms with Gasteiger partial charge in [0.25, 0.3) is 0 Å². The van der Waals surface area contributed by atoms with Crippen molar-refractivity contribution in [1.82, 2.24) is 10.7 Å². The fraction of sp³-hybridized carbons (Fsp3) is 0.154. The number of hydrazone groups is 1. The van der Waals surface area contributed by atoms with Crippen LogP contribution in [0.25, 0.3) is 0 Å². The Kier molecular flexibility index (Phi) is 6.52. The Morgan fingerprint density at radius 2 is 1.95 bits per heavy atom. The molecule has 1 rings (SSSR count). The number of nitrogens with one attached hydrogen (secondary N) is 2. The lowest BCUT2D eigenvalue weighted by Gasteiger charge is -2.01. The van der Waals surface area contributed by atoms with Gasteiger partial charge in [-0.3, -0.25) is 9.59 Å². The molecule has 0 fully saturated rings. The summed E-state index contributed by atoms with van der Waals surface area (Å²) in [5.41, 5.74) is 3.13. The zero-order valence-electron chi connectivity index (χ0n) is 10.2. The van der Waals surface area contributed by atoms with E-state index in [4.69, 9.17) is 0 Å². The molecule has 2 amide bonds. The van der Waals surface area contributed by atoms with Crippen molar-refractivity contribution >= 4 is 34.0 Å². The molecule has 0 bridgehead atoms. The van der Waals surface area contributed by atoms with E-state index in [1.165, 1.54) is 6.21 Å². The molecule has 1 aromatic carbocycles. The highest BCUT2D eigenvalue weighted by Crippen LogP contribution is 2.08. The fourth-order valence-corrected chi connectivity index (χ4v) is 1.43. The first kappa shape index (κ1) is 15.1. The minimum absolute atomic E-state index is 0.258. The number of carbonyl (C=O) groups is 2. The predicted octanol–water partition coefficient (Wildman–Crippen LogP) is 1.59. The molecular weight excluding hydrogens is 310 g/mol. The van der Waals surface area contributed by atoms with E-state index in [-0.39, 0.29) is 12.3 Å². The van der Waals surface area contributed by atoms with Crippen LogP contribution in [0.4, 0.5) is 0 Å². The van der Waals surface area contributed by atoms with Gasteiger partial charge in [-0.15, -0.1) is 6.58 Å². The van der Waals surface area contributed by atoms with Crippen LogP contribution < -0.4 is 10.7 Å². The van der Waals surface area contributed by atoms with Crippen molar-refractivity contribution in [3.8, 4) is 0 Å². The number of benzene rings is 1. The molecule has 100 valence electrons. The number of hydrogen-bond donors (Lipinski definition) is 2. The summed E-state index contributed by atoms with van der Waals surface area (Å²) >= 11 is 3.32. The van der Waals surface area contributed by atoms with Crippen molar-refractivity contribution < 1.29 is 9.59 Å². The van der Waals surface area contributed by atoms with E-state index in [0.29, 0.717) is 6.54 Å². The minimum atomic E-state index is -0.463. The standard InChI is InChI=1S/C13H14BrN3O2/c1-2-7-15-12(18)8-13(19)17-16-9-10-3-5-11(14)6-4-10/h2-6,9H,1,7-8H2,(H,15,18)(H,17,19). The molecule has 0 aromatic heterocycles. The smallest absolute Gasteiger partial charge is 0.249 e. The van der Waals surface area contributed by atoms with Crippen molar-refractivity contribution in [2.75, 3.05) is 6.54 Å². The maximum Gasteiger partial charge on any atom is 0.249 e. The number of amides is 2. The molecule has 5 nitrogen and oxygen atoms in total. The molecule has 19 heavy (non-hydrogen) atoms. The zero-order chi connectivity index (χ0) is 14.1. The fourth-order valence-electron chi connectivity index (χ4n) is 1.16. The highest BCUT2D eigenvalue weighted by atomic mass is 79.9. The Morgan fingerprint density at radius 1 is 1.26 bits per heavy atom. The second kappa shape index (κ2) is 8.20. The Labute approximate surface area is 119 Å². The van der Waals surface area contributed by atoms with E-state index in [2.05, 4.69) is 38.4 Å². The lowest BCUT2D eigenvalue weighted by atomic mass is 10.2. The van der Waals surface area contributed by atoms with E-state index in [0.717, 1.165) is 10.0 Å². The Morgan fingerprint density at radius 3 is 2.58 bits per heavy atom. The normalized spacial score (nSPS) is 10.2. The first-order chi connectivity index (χ1) is 9.11. The van der Waals surface area contributed by atoms with Crippen LogP contribution in [0.1, 0.15) is 12.0 Å². The van der Waals surface area contributed by atoms with E-state index >= 15 is 0 Å². The average molecular weight is 324 g/mol. The highest BCUT2D eigenvalue weighted by molar-refractivity contribution is 9.10. The Hall–Kier alpha value is -1.95. The third kappa shape index (κ3) is 6.52. The second-order valence-electron chi connectivity index (χ2n) is 3.61. The topological polar surface area (TPSA) is 70.6 Å². The van der Waals surface area contributed by atoms with Gasteiger partial charge < -0.3 is 5.32 Å². The molecule has 0 unspecified atom stereocenters. The van der Waals surface area contributed by atoms with Crippen LogP contribution in [0.5, 0.6) is 0 Å². The quantitative estimate of drug-likeness (QED) is 0.361. The van der Waals surface area contributed by atoms with Crippen LogP contribution in [-0.2, 0) is 9.59 Å². The number of hydrogen-bond acceptors (Lipinski definition) is 3. The van der Waals surface area contributed by atoms with Crippen LogP contribution in [0.15, 0.2) is 46.5 Å². The van der Waals surface area contributed by atoms with Crippen LogP contribution in [0, 0.1) is 0 Å². The summed E-state index contributed by atoms with van der Waals surface area (Å²) in [6.07, 6.45) is 2.79. The molecule has 0 aliphatic heterocycles. The summed E-state index contributed by atoms with van der Waals surface area (Å²) in [4.78, 5) is 22.5. The lowest BCUT2D eigenvalue weighted by molar-refractivity contribution is -0.129. The van der Waals surface area contributed by atoms with Gasteiger partial charge in [0.1, 0.15) is 6.42 Å². The molecule has 0 saturated carbocycles. The second-order valence-corrected chi connectivity index (χ2v) is 4.53. The summed E-state index contributed by atoms with van der Waals surface area (Å²) in [5, 5.41) is 6.27. The molecule has 0 atom stereocenters. The molecule has 6 heteroatoms. The molecule has 1 aromatic rings. The molecule has 0 aliphatic rings. The van der Waals surface area contributed by atoms with E-state index in [1.54, 1.807) is 6.08 Å². The van der Waals surface area contributed by atoms with Crippen LogP contribution >= 0.6 is 15.9 Å². The maximum absolute atomic E-state index is 11.3. The third-order valence-electron chi connectivity index (χ3n) is 2.04. The van der Waals surface area contributed by atoms with Gasteiger partial charge in [-0.1, -0.05) is 34.1 Å². The number of nitrogens with zero attached hydrogens (tertiary/aromatic N) is 1. The molecule has 0 saturated heterocycles. The summed E-state index contributed by atoms with van der Waals surface area (Å²) in [6, 6.07) is 7.42. The molecular formula is C13H14BrN3O2. The molecule has 0 heterocycles. The van der Waals surface area contributed by atoms with Gasteiger partial charge in [-0.05, 0) is 17.7 Å². The average Bonchev–Trinajstić information content (AvgIpc) is 2.38. The lowest BCUT2D eigenvalue weighted by Crippen LogP contribution is -2.29. The number of carbonyl (C=O) groups excluding carboxylic acids is 2. The van der Waals surface area contributed by atoms with Crippen LogP contribution in [0.3, 0.4) is 0 Å². The number of halogens is 1. The predicted molar refractivity (Wildman–Crippen MR) is 77.7 cm³/mol. The van der Waals surface area contributed by atoms with Gasteiger partial charge in [-0.25, -0.2) is 5.43 Å². The van der Waals surface area contributed by atoms with Gasteiger partial charge in [0.15, 0.2) is 0 Å². The Balaban J connectivity index is 2.35. The summed E-state index contributed by atoms with van der Waals surface area (Å²) in [7, 11) is 0. The van der Waals surface area contributed by atoms with Gasteiger partial charge in [-0.2, -0.15) is 5.10 Å². The van der Waals surface area contributed by atoms with E-state index in [1.807, 2.05) is 24.3 Å². The molecule has 0 spiro atoms. The van der Waals surface area contributed by atoms with Crippen molar-refractivity contribution in [1.29, 1.82) is 0 Å². The van der Waals surface area contributed by atoms with Gasteiger partial charge in [0.05, 0.1) is 6.21 Å². The summed E-state index contributed by atoms with van der Waals surface area (Å²) in [6.45, 7) is 3.80. The van der Waals surface area contributed by atoms with E-state index < -0.39 is 5.91 Å². The summed E-state index contributed by atoms with van der Waals surface area (Å²) in [5.74, 6) is -0.828. The molecule has 0 aliphatic carbocycles. The van der Waals surface area contributed by atoms with Crippen LogP contribution in [0.2, 0.25) is 0 Å². The minimum Gasteiger partial charge on any atom is -0.352 e. The summed E-state index contributed by atoms with van der Waals surface area (Å²) < 4.78 is 0.965. The highest BCUT2D eigenvalue weighted by Gasteiger charge is 2.06. The zero-order valence-corrected chi connectivity index (χ0v) is 11.8. The van der Waals surface area contributed by atoms with Crippen LogP contribution in [-0.4, -0.2) is 24.6 Å². The maximum atomic E-state index is 11.3.